The number of piperidine rings is 1. The number of halogens is 1. The van der Waals surface area contributed by atoms with Crippen LogP contribution in [0, 0.1) is 0 Å². The van der Waals surface area contributed by atoms with E-state index in [1.165, 1.54) is 0 Å². The Bertz CT molecular complexity index is 670. The van der Waals surface area contributed by atoms with Gasteiger partial charge in [-0.2, -0.15) is 0 Å². The van der Waals surface area contributed by atoms with Gasteiger partial charge in [-0.25, -0.2) is 9.97 Å². The van der Waals surface area contributed by atoms with E-state index in [0.717, 1.165) is 24.8 Å². The molecule has 0 aliphatic carbocycles. The van der Waals surface area contributed by atoms with Crippen LogP contribution >= 0.6 is 11.6 Å². The van der Waals surface area contributed by atoms with E-state index in [4.69, 9.17) is 20.9 Å². The molecular weight excluding hydrogens is 366 g/mol. The van der Waals surface area contributed by atoms with Crippen LogP contribution in [0.15, 0.2) is 12.4 Å². The van der Waals surface area contributed by atoms with Gasteiger partial charge in [0.15, 0.2) is 0 Å². The van der Waals surface area contributed by atoms with Gasteiger partial charge in [0.2, 0.25) is 11.9 Å². The van der Waals surface area contributed by atoms with E-state index in [9.17, 15) is 4.79 Å². The van der Waals surface area contributed by atoms with E-state index < -0.39 is 18.3 Å². The first-order valence-electron chi connectivity index (χ1n) is 9.39. The monoisotopic (exact) mass is 394 g/mol. The first-order chi connectivity index (χ1) is 12.6. The molecule has 1 amide bonds. The first kappa shape index (κ1) is 20.4. The molecule has 0 N–H and O–H groups in total. The van der Waals surface area contributed by atoms with E-state index >= 15 is 0 Å². The lowest BCUT2D eigenvalue weighted by Gasteiger charge is -2.37. The number of hydrogen-bond acceptors (Lipinski definition) is 6. The average molecular weight is 395 g/mol. The highest BCUT2D eigenvalue weighted by molar-refractivity contribution is 6.61. The summed E-state index contributed by atoms with van der Waals surface area (Å²) in [6.07, 6.45) is 5.47. The van der Waals surface area contributed by atoms with Crippen LogP contribution in [0.4, 0.5) is 5.95 Å². The number of carbonyl (C=O) groups excluding carboxylic acids is 1. The zero-order valence-corrected chi connectivity index (χ0v) is 17.5. The van der Waals surface area contributed by atoms with Crippen molar-refractivity contribution in [3.05, 3.63) is 12.4 Å². The summed E-state index contributed by atoms with van der Waals surface area (Å²) in [4.78, 5) is 24.8. The Morgan fingerprint density at radius 2 is 1.89 bits per heavy atom. The molecule has 0 aromatic carbocycles. The molecule has 2 aliphatic heterocycles. The molecule has 7 nitrogen and oxygen atoms in total. The van der Waals surface area contributed by atoms with Gasteiger partial charge in [-0.1, -0.05) is 0 Å². The van der Waals surface area contributed by atoms with Crippen molar-refractivity contribution in [1.82, 2.24) is 14.9 Å². The third-order valence-electron chi connectivity index (χ3n) is 5.92. The minimum Gasteiger partial charge on any atom is -0.399 e. The summed E-state index contributed by atoms with van der Waals surface area (Å²) < 4.78 is 12.1. The second-order valence-corrected chi connectivity index (χ2v) is 8.55. The van der Waals surface area contributed by atoms with Crippen LogP contribution in [-0.2, 0) is 14.1 Å². The number of alkyl halides is 1. The zero-order valence-electron chi connectivity index (χ0n) is 16.7. The quantitative estimate of drug-likeness (QED) is 0.569. The van der Waals surface area contributed by atoms with Gasteiger partial charge in [-0.05, 0) is 40.5 Å². The molecule has 148 valence electrons. The van der Waals surface area contributed by atoms with Gasteiger partial charge < -0.3 is 19.1 Å². The second-order valence-electron chi connectivity index (χ2n) is 8.28. The highest BCUT2D eigenvalue weighted by Crippen LogP contribution is 2.36. The van der Waals surface area contributed by atoms with Crippen molar-refractivity contribution >= 4 is 36.0 Å². The SMILES string of the molecule is CN(C(=O)CCl)C1CCCN(c2ncc(B3OC(C)(C)C(C)(C)O3)cn2)C1. The third kappa shape index (κ3) is 4.07. The molecule has 0 bridgehead atoms. The number of aromatic nitrogens is 2. The summed E-state index contributed by atoms with van der Waals surface area (Å²) in [6.45, 7) is 9.66. The Hall–Kier alpha value is -1.38. The molecule has 3 rings (SSSR count). The Kier molecular flexibility index (Phi) is 5.70. The van der Waals surface area contributed by atoms with Gasteiger partial charge >= 0.3 is 7.12 Å². The summed E-state index contributed by atoms with van der Waals surface area (Å²) in [5.74, 6) is 0.610. The number of hydrogen-bond donors (Lipinski definition) is 0. The largest absolute Gasteiger partial charge is 0.498 e. The predicted molar refractivity (Wildman–Crippen MR) is 106 cm³/mol. The molecule has 1 aromatic rings. The number of rotatable bonds is 4. The number of carbonyl (C=O) groups is 1. The van der Waals surface area contributed by atoms with Crippen molar-refractivity contribution in [3.8, 4) is 0 Å². The number of likely N-dealkylation sites (N-methyl/N-ethyl adjacent to an activating group) is 1. The van der Waals surface area contributed by atoms with Crippen LogP contribution in [0.2, 0.25) is 0 Å². The summed E-state index contributed by atoms with van der Waals surface area (Å²) in [5, 5.41) is 0. The van der Waals surface area contributed by atoms with E-state index in [1.807, 2.05) is 27.7 Å². The lowest BCUT2D eigenvalue weighted by Crippen LogP contribution is -2.49. The van der Waals surface area contributed by atoms with E-state index in [0.29, 0.717) is 12.5 Å². The zero-order chi connectivity index (χ0) is 19.8. The van der Waals surface area contributed by atoms with E-state index in [2.05, 4.69) is 14.9 Å². The molecular formula is C18H28BClN4O3. The van der Waals surface area contributed by atoms with Crippen LogP contribution in [0.5, 0.6) is 0 Å². The molecule has 27 heavy (non-hydrogen) atoms. The molecule has 0 saturated carbocycles. The highest BCUT2D eigenvalue weighted by Gasteiger charge is 2.52. The van der Waals surface area contributed by atoms with Crippen molar-refractivity contribution < 1.29 is 14.1 Å². The van der Waals surface area contributed by atoms with Crippen LogP contribution in [0.3, 0.4) is 0 Å². The lowest BCUT2D eigenvalue weighted by atomic mass is 9.81. The van der Waals surface area contributed by atoms with Crippen molar-refractivity contribution in [2.45, 2.75) is 57.8 Å². The minimum atomic E-state index is -0.467. The molecule has 0 spiro atoms. The molecule has 1 atom stereocenters. The molecule has 2 saturated heterocycles. The summed E-state index contributed by atoms with van der Waals surface area (Å²) >= 11 is 5.69. The third-order valence-corrected chi connectivity index (χ3v) is 6.15. The molecule has 0 radical (unpaired) electrons. The standard InChI is InChI=1S/C18H28BClN4O3/c1-17(2)18(3,4)27-19(26-17)13-10-21-16(22-11-13)24-8-6-7-14(12-24)23(5)15(25)9-20/h10-11,14H,6-9,12H2,1-5H3. The topological polar surface area (TPSA) is 67.8 Å². The van der Waals surface area contributed by atoms with Crippen molar-refractivity contribution in [2.75, 3.05) is 30.9 Å². The van der Waals surface area contributed by atoms with E-state index in [-0.39, 0.29) is 17.8 Å². The Morgan fingerprint density at radius 3 is 2.44 bits per heavy atom. The highest BCUT2D eigenvalue weighted by atomic mass is 35.5. The number of amides is 1. The molecule has 1 unspecified atom stereocenters. The maximum atomic E-state index is 11.9. The van der Waals surface area contributed by atoms with Crippen LogP contribution in [-0.4, -0.2) is 71.2 Å². The smallest absolute Gasteiger partial charge is 0.399 e. The fourth-order valence-corrected chi connectivity index (χ4v) is 3.53. The van der Waals surface area contributed by atoms with Crippen LogP contribution < -0.4 is 10.4 Å². The minimum absolute atomic E-state index is 0.00623. The van der Waals surface area contributed by atoms with Gasteiger partial charge in [0, 0.05) is 44.0 Å². The maximum absolute atomic E-state index is 11.9. The number of nitrogens with zero attached hydrogens (tertiary/aromatic N) is 4. The Balaban J connectivity index is 1.68. The normalized spacial score (nSPS) is 24.1. The average Bonchev–Trinajstić information content (AvgIpc) is 2.88. The Labute approximate surface area is 166 Å². The van der Waals surface area contributed by atoms with Gasteiger partial charge in [0.25, 0.3) is 0 Å². The van der Waals surface area contributed by atoms with Gasteiger partial charge in [-0.3, -0.25) is 4.79 Å². The molecule has 2 fully saturated rings. The molecule has 1 aromatic heterocycles. The summed E-state index contributed by atoms with van der Waals surface area (Å²) in [6, 6.07) is 0.122. The molecule has 9 heteroatoms. The summed E-state index contributed by atoms with van der Waals surface area (Å²) in [7, 11) is 1.34. The number of anilines is 1. The van der Waals surface area contributed by atoms with Crippen LogP contribution in [0.1, 0.15) is 40.5 Å². The van der Waals surface area contributed by atoms with Crippen molar-refractivity contribution in [3.63, 3.8) is 0 Å². The van der Waals surface area contributed by atoms with Crippen molar-refractivity contribution in [2.24, 2.45) is 0 Å². The second kappa shape index (κ2) is 7.56. The molecule has 3 heterocycles. The maximum Gasteiger partial charge on any atom is 0.498 e. The Morgan fingerprint density at radius 1 is 1.30 bits per heavy atom. The first-order valence-corrected chi connectivity index (χ1v) is 9.92. The fraction of sp³-hybridized carbons (Fsp3) is 0.722. The van der Waals surface area contributed by atoms with Gasteiger partial charge in [-0.15, -0.1) is 11.6 Å². The fourth-order valence-electron chi connectivity index (χ4n) is 3.35. The summed E-state index contributed by atoms with van der Waals surface area (Å²) in [5.41, 5.74) is 0.0202. The van der Waals surface area contributed by atoms with Crippen LogP contribution in [0.25, 0.3) is 0 Å². The predicted octanol–water partition coefficient (Wildman–Crippen LogP) is 1.44. The lowest BCUT2D eigenvalue weighted by molar-refractivity contribution is -0.129. The van der Waals surface area contributed by atoms with Gasteiger partial charge in [0.1, 0.15) is 5.88 Å². The van der Waals surface area contributed by atoms with Crippen molar-refractivity contribution in [1.29, 1.82) is 0 Å². The van der Waals surface area contributed by atoms with Gasteiger partial charge in [0.05, 0.1) is 11.2 Å². The molecule has 2 aliphatic rings. The van der Waals surface area contributed by atoms with E-state index in [1.54, 1.807) is 24.3 Å².